The van der Waals surface area contributed by atoms with E-state index in [0.717, 1.165) is 29.0 Å². The molecule has 1 fully saturated rings. The molecule has 166 valence electrons. The van der Waals surface area contributed by atoms with Crippen LogP contribution in [0.4, 0.5) is 5.69 Å². The van der Waals surface area contributed by atoms with Crippen molar-refractivity contribution < 1.29 is 22.7 Å². The maximum Gasteiger partial charge on any atom is 0.338 e. The van der Waals surface area contributed by atoms with Gasteiger partial charge in [0.1, 0.15) is 0 Å². The number of sulfonamides is 1. The van der Waals surface area contributed by atoms with Gasteiger partial charge in [-0.2, -0.15) is 0 Å². The first-order valence-corrected chi connectivity index (χ1v) is 12.8. The van der Waals surface area contributed by atoms with Crippen LogP contribution >= 0.6 is 11.8 Å². The Morgan fingerprint density at radius 1 is 1.19 bits per heavy atom. The number of thioether (sulfide) groups is 1. The smallest absolute Gasteiger partial charge is 0.338 e. The molecular weight excluding hydrogens is 450 g/mol. The Morgan fingerprint density at radius 2 is 1.97 bits per heavy atom. The zero-order valence-corrected chi connectivity index (χ0v) is 18.7. The Balaban J connectivity index is 1.22. The van der Waals surface area contributed by atoms with E-state index in [4.69, 9.17) is 4.74 Å². The lowest BCUT2D eigenvalue weighted by atomic mass is 10.0. The maximum absolute atomic E-state index is 12.5. The number of hydrogen-bond donors (Lipinski definition) is 1. The lowest BCUT2D eigenvalue weighted by molar-refractivity contribution is -0.125. The molecule has 0 saturated heterocycles. The van der Waals surface area contributed by atoms with Gasteiger partial charge in [-0.05, 0) is 54.3 Å². The van der Waals surface area contributed by atoms with Crippen LogP contribution in [-0.4, -0.2) is 44.4 Å². The Hall–Kier alpha value is -2.85. The average Bonchev–Trinajstić information content (AvgIpc) is 3.56. The summed E-state index contributed by atoms with van der Waals surface area (Å²) in [6.45, 7) is -0.0368. The summed E-state index contributed by atoms with van der Waals surface area (Å²) in [7, 11) is -3.44. The van der Waals surface area contributed by atoms with Crippen LogP contribution in [0.15, 0.2) is 57.8 Å². The third-order valence-electron chi connectivity index (χ3n) is 5.61. The maximum atomic E-state index is 12.5. The van der Waals surface area contributed by atoms with Crippen LogP contribution < -0.4 is 10.2 Å². The van der Waals surface area contributed by atoms with E-state index >= 15 is 0 Å². The Kier molecular flexibility index (Phi) is 5.42. The Bertz CT molecular complexity index is 1210. The second-order valence-corrected chi connectivity index (χ2v) is 10.7. The number of ether oxygens (including phenoxy) is 1. The van der Waals surface area contributed by atoms with Crippen molar-refractivity contribution in [2.45, 2.75) is 23.8 Å². The molecule has 1 amide bonds. The molecule has 2 aliphatic heterocycles. The quantitative estimate of drug-likeness (QED) is 0.646. The van der Waals surface area contributed by atoms with E-state index in [-0.39, 0.29) is 24.3 Å². The number of anilines is 1. The number of esters is 1. The van der Waals surface area contributed by atoms with Gasteiger partial charge in [0.25, 0.3) is 15.9 Å². The van der Waals surface area contributed by atoms with Crippen LogP contribution in [0.5, 0.6) is 0 Å². The minimum Gasteiger partial charge on any atom is -0.452 e. The molecule has 32 heavy (non-hydrogen) atoms. The average molecular weight is 472 g/mol. The van der Waals surface area contributed by atoms with Crippen LogP contribution in [0.1, 0.15) is 34.8 Å². The lowest BCUT2D eigenvalue weighted by Gasteiger charge is -2.22. The second kappa shape index (κ2) is 8.25. The third kappa shape index (κ3) is 4.37. The fourth-order valence-electron chi connectivity index (χ4n) is 3.85. The van der Waals surface area contributed by atoms with Gasteiger partial charge in [0.05, 0.1) is 23.0 Å². The van der Waals surface area contributed by atoms with Gasteiger partial charge in [-0.15, -0.1) is 4.40 Å². The molecule has 2 aromatic carbocycles. The number of amides is 1. The third-order valence-corrected chi connectivity index (χ3v) is 7.92. The molecule has 10 heteroatoms. The van der Waals surface area contributed by atoms with Crippen LogP contribution in [0.3, 0.4) is 0 Å². The monoisotopic (exact) mass is 471 g/mol. The second-order valence-electron chi connectivity index (χ2n) is 7.97. The normalized spacial score (nSPS) is 19.4. The predicted octanol–water partition coefficient (Wildman–Crippen LogP) is 2.72. The molecule has 8 nitrogen and oxygen atoms in total. The number of nitrogens with one attached hydrogen (secondary N) is 1. The number of carbonyl (C=O) groups excluding carboxylic acids is 2. The molecule has 0 aromatic heterocycles. The summed E-state index contributed by atoms with van der Waals surface area (Å²) >= 11 is 1.20. The highest BCUT2D eigenvalue weighted by Crippen LogP contribution is 2.42. The highest BCUT2D eigenvalue weighted by molar-refractivity contribution is 8.15. The molecule has 3 aliphatic rings. The number of rotatable bonds is 6. The van der Waals surface area contributed by atoms with E-state index in [1.54, 1.807) is 18.2 Å². The van der Waals surface area contributed by atoms with Gasteiger partial charge in [-0.3, -0.25) is 4.79 Å². The number of hydrogen-bond acceptors (Lipinski definition) is 7. The van der Waals surface area contributed by atoms with Crippen LogP contribution in [0, 0.1) is 5.92 Å². The zero-order chi connectivity index (χ0) is 22.3. The number of amidine groups is 1. The fraction of sp³-hybridized carbons (Fsp3) is 0.318. The summed E-state index contributed by atoms with van der Waals surface area (Å²) < 4.78 is 32.5. The van der Waals surface area contributed by atoms with Crippen LogP contribution in [0.25, 0.3) is 0 Å². The van der Waals surface area contributed by atoms with Crippen molar-refractivity contribution in [1.82, 2.24) is 5.32 Å². The van der Waals surface area contributed by atoms with Gasteiger partial charge in [-0.25, -0.2) is 13.2 Å². The summed E-state index contributed by atoms with van der Waals surface area (Å²) in [6, 6.07) is 14.7. The van der Waals surface area contributed by atoms with E-state index < -0.39 is 16.0 Å². The topological polar surface area (TPSA) is 105 Å². The van der Waals surface area contributed by atoms with Crippen molar-refractivity contribution in [3.05, 3.63) is 59.7 Å². The summed E-state index contributed by atoms with van der Waals surface area (Å²) in [4.78, 5) is 27.5. The summed E-state index contributed by atoms with van der Waals surface area (Å²) in [5.74, 6) is -0.576. The molecule has 2 aromatic rings. The largest absolute Gasteiger partial charge is 0.452 e. The van der Waals surface area contributed by atoms with Crippen molar-refractivity contribution in [2.24, 2.45) is 10.3 Å². The molecule has 0 spiro atoms. The zero-order valence-electron chi connectivity index (χ0n) is 17.1. The SMILES string of the molecule is O=C(COC(=O)c1ccc2c(c1)SC1=NS(=O)(=O)CCN12)NC(c1ccccc1)C1CC1. The highest BCUT2D eigenvalue weighted by Gasteiger charge is 2.34. The van der Waals surface area contributed by atoms with E-state index in [9.17, 15) is 18.0 Å². The van der Waals surface area contributed by atoms with Crippen molar-refractivity contribution in [3.63, 3.8) is 0 Å². The van der Waals surface area contributed by atoms with Gasteiger partial charge in [0.15, 0.2) is 11.8 Å². The van der Waals surface area contributed by atoms with E-state index in [0.29, 0.717) is 23.2 Å². The van der Waals surface area contributed by atoms with Crippen molar-refractivity contribution in [2.75, 3.05) is 23.8 Å². The molecule has 1 saturated carbocycles. The van der Waals surface area contributed by atoms with Crippen molar-refractivity contribution in [3.8, 4) is 0 Å². The predicted molar refractivity (Wildman–Crippen MR) is 121 cm³/mol. The molecule has 1 unspecified atom stereocenters. The van der Waals surface area contributed by atoms with Gasteiger partial charge in [-0.1, -0.05) is 30.3 Å². The molecule has 1 N–H and O–H groups in total. The van der Waals surface area contributed by atoms with Crippen LogP contribution in [-0.2, 0) is 19.6 Å². The van der Waals surface area contributed by atoms with E-state index in [2.05, 4.69) is 9.71 Å². The van der Waals surface area contributed by atoms with Gasteiger partial charge >= 0.3 is 5.97 Å². The first-order valence-electron chi connectivity index (χ1n) is 10.3. The molecule has 0 radical (unpaired) electrons. The number of nitrogens with zero attached hydrogens (tertiary/aromatic N) is 2. The minimum absolute atomic E-state index is 0.0414. The lowest BCUT2D eigenvalue weighted by Crippen LogP contribution is -2.35. The highest BCUT2D eigenvalue weighted by atomic mass is 32.2. The Labute approximate surface area is 190 Å². The van der Waals surface area contributed by atoms with Crippen molar-refractivity contribution >= 4 is 44.5 Å². The molecule has 0 bridgehead atoms. The van der Waals surface area contributed by atoms with E-state index in [1.165, 1.54) is 11.8 Å². The Morgan fingerprint density at radius 3 is 2.72 bits per heavy atom. The summed E-state index contributed by atoms with van der Waals surface area (Å²) in [6.07, 6.45) is 2.13. The molecular formula is C22H21N3O5S2. The first-order chi connectivity index (χ1) is 15.4. The minimum atomic E-state index is -3.44. The van der Waals surface area contributed by atoms with E-state index in [1.807, 2.05) is 35.2 Å². The molecule has 1 atom stereocenters. The fourth-order valence-corrected chi connectivity index (χ4v) is 6.15. The van der Waals surface area contributed by atoms with Gasteiger partial charge in [0.2, 0.25) is 0 Å². The van der Waals surface area contributed by atoms with Crippen molar-refractivity contribution in [1.29, 1.82) is 0 Å². The van der Waals surface area contributed by atoms with Gasteiger partial charge in [0, 0.05) is 11.4 Å². The molecule has 1 aliphatic carbocycles. The number of benzene rings is 2. The van der Waals surface area contributed by atoms with Crippen LogP contribution in [0.2, 0.25) is 0 Å². The number of carbonyl (C=O) groups is 2. The molecule has 2 heterocycles. The summed E-state index contributed by atoms with van der Waals surface area (Å²) in [5, 5.41) is 3.38. The van der Waals surface area contributed by atoms with Gasteiger partial charge < -0.3 is 15.0 Å². The first kappa shape index (κ1) is 21.0. The number of fused-ring (bicyclic) bond motifs is 3. The molecule has 5 rings (SSSR count). The summed E-state index contributed by atoms with van der Waals surface area (Å²) in [5.41, 5.74) is 2.16. The standard InChI is InChI=1S/C22H21N3O5S2/c26-19(23-20(15-6-7-15)14-4-2-1-3-5-14)13-30-21(27)16-8-9-17-18(12-16)31-22-24-32(28,29)11-10-25(17)22/h1-5,8-9,12,15,20H,6-7,10-11,13H2,(H,23,26).